The maximum absolute atomic E-state index is 12.9. The van der Waals surface area contributed by atoms with Crippen molar-refractivity contribution in [1.82, 2.24) is 18.8 Å². The molecule has 32 heavy (non-hydrogen) atoms. The molecule has 2 aromatic rings. The predicted octanol–water partition coefficient (Wildman–Crippen LogP) is 3.41. The minimum absolute atomic E-state index is 0. The van der Waals surface area contributed by atoms with Crippen molar-refractivity contribution in [1.29, 1.82) is 0 Å². The summed E-state index contributed by atoms with van der Waals surface area (Å²) in [4.78, 5) is 20.2. The van der Waals surface area contributed by atoms with Crippen molar-refractivity contribution in [2.45, 2.75) is 44.4 Å². The van der Waals surface area contributed by atoms with Gasteiger partial charge in [0.25, 0.3) is 10.0 Å². The Morgan fingerprint density at radius 2 is 2.00 bits per heavy atom. The fourth-order valence-corrected chi connectivity index (χ4v) is 4.82. The second-order valence-corrected chi connectivity index (χ2v) is 9.81. The zero-order valence-electron chi connectivity index (χ0n) is 17.5. The second-order valence-electron chi connectivity index (χ2n) is 7.92. The number of hydrogen-bond acceptors (Lipinski definition) is 5. The van der Waals surface area contributed by atoms with Crippen LogP contribution in [0.4, 0.5) is 19.0 Å². The Labute approximate surface area is 190 Å². The van der Waals surface area contributed by atoms with E-state index in [1.807, 2.05) is 13.8 Å². The molecule has 1 atom stereocenters. The van der Waals surface area contributed by atoms with Crippen LogP contribution in [0.3, 0.4) is 0 Å². The summed E-state index contributed by atoms with van der Waals surface area (Å²) >= 11 is 0. The van der Waals surface area contributed by atoms with Gasteiger partial charge in [-0.25, -0.2) is 18.4 Å². The van der Waals surface area contributed by atoms with Crippen LogP contribution in [0, 0.1) is 11.8 Å². The molecule has 0 radical (unpaired) electrons. The standard InChI is InChI=1S/C19H24F3N5O3S.ClH/c1-13(2)9-26-11-17(24-12-26)31(29,30)27-7-3-4-14(10-27)18(28)25-16-6-5-15(8-23-16)19(20,21)22;/h5-6,8,11-14H,3-4,7,9-10H2,1-2H3,(H,23,25,28);1H/t14-;/m1./s1. The number of carbonyl (C=O) groups is 1. The van der Waals surface area contributed by atoms with E-state index >= 15 is 0 Å². The van der Waals surface area contributed by atoms with Gasteiger partial charge in [-0.1, -0.05) is 13.8 Å². The van der Waals surface area contributed by atoms with Gasteiger partial charge in [0.05, 0.1) is 17.8 Å². The molecule has 2 aromatic heterocycles. The van der Waals surface area contributed by atoms with Gasteiger partial charge in [0.15, 0.2) is 5.03 Å². The van der Waals surface area contributed by atoms with E-state index in [1.165, 1.54) is 16.8 Å². The van der Waals surface area contributed by atoms with Crippen molar-refractivity contribution in [3.8, 4) is 0 Å². The van der Waals surface area contributed by atoms with E-state index in [0.29, 0.717) is 31.5 Å². The average molecular weight is 496 g/mol. The lowest BCUT2D eigenvalue weighted by molar-refractivity contribution is -0.137. The normalized spacial score (nSPS) is 17.8. The number of anilines is 1. The number of carbonyl (C=O) groups excluding carboxylic acids is 1. The molecule has 1 N–H and O–H groups in total. The Balaban J connectivity index is 0.00000363. The number of halogens is 4. The summed E-state index contributed by atoms with van der Waals surface area (Å²) in [5.41, 5.74) is -0.919. The second kappa shape index (κ2) is 10.2. The molecule has 1 saturated heterocycles. The molecule has 3 heterocycles. The van der Waals surface area contributed by atoms with Crippen molar-refractivity contribution in [2.24, 2.45) is 11.8 Å². The lowest BCUT2D eigenvalue weighted by Gasteiger charge is -2.30. The Hall–Kier alpha value is -2.18. The van der Waals surface area contributed by atoms with Crippen molar-refractivity contribution >= 4 is 34.2 Å². The molecule has 1 fully saturated rings. The number of pyridine rings is 1. The number of alkyl halides is 3. The smallest absolute Gasteiger partial charge is 0.336 e. The molecule has 0 aromatic carbocycles. The fourth-order valence-electron chi connectivity index (χ4n) is 3.37. The van der Waals surface area contributed by atoms with Crippen LogP contribution in [0.2, 0.25) is 0 Å². The third kappa shape index (κ3) is 6.20. The summed E-state index contributed by atoms with van der Waals surface area (Å²) in [6, 6.07) is 1.90. The van der Waals surface area contributed by atoms with E-state index in [-0.39, 0.29) is 36.3 Å². The summed E-state index contributed by atoms with van der Waals surface area (Å²) in [5, 5.41) is 2.40. The highest BCUT2D eigenvalue weighted by Crippen LogP contribution is 2.29. The van der Waals surface area contributed by atoms with Crippen molar-refractivity contribution in [2.75, 3.05) is 18.4 Å². The number of nitrogens with one attached hydrogen (secondary N) is 1. The number of hydrogen-bond donors (Lipinski definition) is 1. The van der Waals surface area contributed by atoms with E-state index in [2.05, 4.69) is 15.3 Å². The third-order valence-corrected chi connectivity index (χ3v) is 6.64. The predicted molar refractivity (Wildman–Crippen MR) is 114 cm³/mol. The number of piperidine rings is 1. The first kappa shape index (κ1) is 26.1. The zero-order valence-corrected chi connectivity index (χ0v) is 19.2. The van der Waals surface area contributed by atoms with Gasteiger partial charge in [-0.05, 0) is 30.9 Å². The molecule has 13 heteroatoms. The number of sulfonamides is 1. The van der Waals surface area contributed by atoms with Crippen LogP contribution in [-0.2, 0) is 27.5 Å². The monoisotopic (exact) mass is 495 g/mol. The molecule has 1 aliphatic rings. The molecular formula is C19H25ClF3N5O3S. The van der Waals surface area contributed by atoms with E-state index in [0.717, 1.165) is 12.1 Å². The molecule has 0 saturated carbocycles. The Bertz CT molecular complexity index is 1030. The van der Waals surface area contributed by atoms with Gasteiger partial charge in [-0.15, -0.1) is 12.4 Å². The first-order valence-electron chi connectivity index (χ1n) is 9.83. The van der Waals surface area contributed by atoms with Gasteiger partial charge < -0.3 is 9.88 Å². The first-order valence-corrected chi connectivity index (χ1v) is 11.3. The Morgan fingerprint density at radius 3 is 2.59 bits per heavy atom. The summed E-state index contributed by atoms with van der Waals surface area (Å²) < 4.78 is 66.7. The van der Waals surface area contributed by atoms with Crippen LogP contribution in [0.15, 0.2) is 35.9 Å². The van der Waals surface area contributed by atoms with Crippen molar-refractivity contribution < 1.29 is 26.4 Å². The highest BCUT2D eigenvalue weighted by molar-refractivity contribution is 7.89. The maximum atomic E-state index is 12.9. The molecule has 0 spiro atoms. The third-order valence-electron chi connectivity index (χ3n) is 4.89. The summed E-state index contributed by atoms with van der Waals surface area (Å²) in [6.07, 6.45) is 0.00380. The van der Waals surface area contributed by atoms with E-state index in [9.17, 15) is 26.4 Å². The number of nitrogens with zero attached hydrogens (tertiary/aromatic N) is 4. The topological polar surface area (TPSA) is 97.2 Å². The largest absolute Gasteiger partial charge is 0.417 e. The van der Waals surface area contributed by atoms with Crippen molar-refractivity contribution in [3.63, 3.8) is 0 Å². The van der Waals surface area contributed by atoms with Gasteiger partial charge in [-0.2, -0.15) is 17.5 Å². The van der Waals surface area contributed by atoms with E-state index in [1.54, 1.807) is 4.57 Å². The summed E-state index contributed by atoms with van der Waals surface area (Å²) in [6.45, 7) is 4.88. The SMILES string of the molecule is CC(C)Cn1cnc(S(=O)(=O)N2CCC[C@@H](C(=O)Nc3ccc(C(F)(F)F)cn3)C2)c1.Cl. The minimum atomic E-state index is -4.52. The van der Waals surface area contributed by atoms with Gasteiger partial charge >= 0.3 is 6.18 Å². The molecular weight excluding hydrogens is 471 g/mol. The summed E-state index contributed by atoms with van der Waals surface area (Å²) in [5.74, 6) is -0.833. The number of amides is 1. The molecule has 0 bridgehead atoms. The molecule has 0 unspecified atom stereocenters. The van der Waals surface area contributed by atoms with Gasteiger partial charge in [0.2, 0.25) is 5.91 Å². The fraction of sp³-hybridized carbons (Fsp3) is 0.526. The molecule has 0 aliphatic carbocycles. The Kier molecular flexibility index (Phi) is 8.29. The Morgan fingerprint density at radius 1 is 1.28 bits per heavy atom. The first-order chi connectivity index (χ1) is 14.5. The lowest BCUT2D eigenvalue weighted by Crippen LogP contribution is -2.43. The molecule has 178 valence electrons. The van der Waals surface area contributed by atoms with Gasteiger partial charge in [0.1, 0.15) is 5.82 Å². The number of rotatable bonds is 6. The van der Waals surface area contributed by atoms with Crippen LogP contribution in [0.1, 0.15) is 32.3 Å². The molecule has 8 nitrogen and oxygen atoms in total. The average Bonchev–Trinajstić information content (AvgIpc) is 3.16. The highest BCUT2D eigenvalue weighted by Gasteiger charge is 2.35. The molecule has 3 rings (SSSR count). The summed E-state index contributed by atoms with van der Waals surface area (Å²) in [7, 11) is -3.86. The highest BCUT2D eigenvalue weighted by atomic mass is 35.5. The zero-order chi connectivity index (χ0) is 22.8. The maximum Gasteiger partial charge on any atom is 0.417 e. The number of imidazole rings is 1. The molecule has 1 amide bonds. The lowest BCUT2D eigenvalue weighted by atomic mass is 9.99. The molecule has 1 aliphatic heterocycles. The van der Waals surface area contributed by atoms with Crippen LogP contribution < -0.4 is 5.32 Å². The minimum Gasteiger partial charge on any atom is -0.336 e. The van der Waals surface area contributed by atoms with Crippen molar-refractivity contribution in [3.05, 3.63) is 36.4 Å². The van der Waals surface area contributed by atoms with Crippen LogP contribution in [0.5, 0.6) is 0 Å². The van der Waals surface area contributed by atoms with E-state index < -0.39 is 33.6 Å². The van der Waals surface area contributed by atoms with Crippen LogP contribution in [0.25, 0.3) is 0 Å². The van der Waals surface area contributed by atoms with Crippen LogP contribution >= 0.6 is 12.4 Å². The quantitative estimate of drug-likeness (QED) is 0.662. The van der Waals surface area contributed by atoms with Gasteiger partial charge in [-0.3, -0.25) is 4.79 Å². The number of aromatic nitrogens is 3. The van der Waals surface area contributed by atoms with Gasteiger partial charge in [0, 0.05) is 32.0 Å². The van der Waals surface area contributed by atoms with Crippen LogP contribution in [-0.4, -0.2) is 46.3 Å². The van der Waals surface area contributed by atoms with E-state index in [4.69, 9.17) is 0 Å².